The predicted octanol–water partition coefficient (Wildman–Crippen LogP) is 2.10. The highest BCUT2D eigenvalue weighted by Gasteiger charge is 2.53. The highest BCUT2D eigenvalue weighted by Crippen LogP contribution is 2.47. The summed E-state index contributed by atoms with van der Waals surface area (Å²) in [6.07, 6.45) is 4.69. The maximum atomic E-state index is 12.5. The molecular weight excluding hydrogens is 242 g/mol. The third kappa shape index (κ3) is 2.83. The van der Waals surface area contributed by atoms with Gasteiger partial charge in [-0.25, -0.2) is 0 Å². The molecule has 1 heterocycles. The minimum atomic E-state index is -0.983. The van der Waals surface area contributed by atoms with Gasteiger partial charge in [-0.2, -0.15) is 0 Å². The van der Waals surface area contributed by atoms with E-state index in [1.807, 2.05) is 13.8 Å². The second-order valence-corrected chi connectivity index (χ2v) is 7.04. The molecule has 1 atom stereocenters. The van der Waals surface area contributed by atoms with Gasteiger partial charge in [0.1, 0.15) is 0 Å². The molecule has 1 spiro atoms. The summed E-state index contributed by atoms with van der Waals surface area (Å²) in [5.41, 5.74) is -1.41. The van der Waals surface area contributed by atoms with Gasteiger partial charge < -0.3 is 5.11 Å². The summed E-state index contributed by atoms with van der Waals surface area (Å²) in [4.78, 5) is 25.9. The zero-order chi connectivity index (χ0) is 14.3. The van der Waals surface area contributed by atoms with Crippen molar-refractivity contribution in [2.45, 2.75) is 64.9 Å². The summed E-state index contributed by atoms with van der Waals surface area (Å²) in [6.45, 7) is 5.92. The maximum absolute atomic E-state index is 12.5. The van der Waals surface area contributed by atoms with Crippen LogP contribution >= 0.6 is 0 Å². The van der Waals surface area contributed by atoms with Crippen LogP contribution in [0.25, 0.3) is 0 Å². The number of carbonyl (C=O) groups is 2. The monoisotopic (exact) mass is 267 g/mol. The Morgan fingerprint density at radius 3 is 2.42 bits per heavy atom. The number of nitrogens with zero attached hydrogens (tertiary/aromatic N) is 1. The number of likely N-dealkylation sites (tertiary alicyclic amines) is 1. The van der Waals surface area contributed by atoms with Crippen LogP contribution in [0.1, 0.15) is 59.3 Å². The molecule has 1 aliphatic heterocycles. The summed E-state index contributed by atoms with van der Waals surface area (Å²) in [5.74, 6) is 0.193. The first-order chi connectivity index (χ1) is 8.76. The Labute approximate surface area is 115 Å². The molecule has 108 valence electrons. The number of carbonyl (C=O) groups excluding carboxylic acids is 2. The standard InChI is InChI=1S/C15H25NO3/c1-11(2)8-14(3,19)10-16-12(17)9-15(13(16)18)6-4-5-7-15/h11,19H,4-10H2,1-3H3. The van der Waals surface area contributed by atoms with Crippen molar-refractivity contribution in [2.24, 2.45) is 11.3 Å². The molecule has 4 heteroatoms. The Hall–Kier alpha value is -0.900. The summed E-state index contributed by atoms with van der Waals surface area (Å²) in [6, 6.07) is 0. The zero-order valence-corrected chi connectivity index (χ0v) is 12.2. The molecule has 19 heavy (non-hydrogen) atoms. The quantitative estimate of drug-likeness (QED) is 0.794. The van der Waals surface area contributed by atoms with Gasteiger partial charge in [0.2, 0.25) is 11.8 Å². The fraction of sp³-hybridized carbons (Fsp3) is 0.867. The van der Waals surface area contributed by atoms with Gasteiger partial charge in [0.05, 0.1) is 17.6 Å². The molecule has 0 aromatic heterocycles. The van der Waals surface area contributed by atoms with E-state index >= 15 is 0 Å². The molecule has 1 N–H and O–H groups in total. The largest absolute Gasteiger partial charge is 0.388 e. The van der Waals surface area contributed by atoms with E-state index in [0.717, 1.165) is 25.7 Å². The first-order valence-corrected chi connectivity index (χ1v) is 7.33. The summed E-state index contributed by atoms with van der Waals surface area (Å²) in [7, 11) is 0. The van der Waals surface area contributed by atoms with Gasteiger partial charge in [0.25, 0.3) is 0 Å². The van der Waals surface area contributed by atoms with E-state index in [4.69, 9.17) is 0 Å². The molecule has 4 nitrogen and oxygen atoms in total. The fourth-order valence-electron chi connectivity index (χ4n) is 3.75. The molecule has 2 fully saturated rings. The van der Waals surface area contributed by atoms with Crippen LogP contribution in [0.4, 0.5) is 0 Å². The highest BCUT2D eigenvalue weighted by atomic mass is 16.3. The lowest BCUT2D eigenvalue weighted by molar-refractivity contribution is -0.145. The molecule has 0 aromatic rings. The van der Waals surface area contributed by atoms with Crippen molar-refractivity contribution in [1.29, 1.82) is 0 Å². The minimum Gasteiger partial charge on any atom is -0.388 e. The topological polar surface area (TPSA) is 57.6 Å². The van der Waals surface area contributed by atoms with E-state index in [-0.39, 0.29) is 18.4 Å². The van der Waals surface area contributed by atoms with Crippen molar-refractivity contribution < 1.29 is 14.7 Å². The average Bonchev–Trinajstić information content (AvgIpc) is 2.79. The van der Waals surface area contributed by atoms with Crippen LogP contribution in [0.15, 0.2) is 0 Å². The van der Waals surface area contributed by atoms with Gasteiger partial charge >= 0.3 is 0 Å². The molecule has 1 saturated carbocycles. The Bertz CT molecular complexity index is 381. The van der Waals surface area contributed by atoms with Crippen molar-refractivity contribution in [3.05, 3.63) is 0 Å². The van der Waals surface area contributed by atoms with Crippen LogP contribution < -0.4 is 0 Å². The van der Waals surface area contributed by atoms with E-state index in [1.54, 1.807) is 6.92 Å². The number of amides is 2. The molecule has 2 aliphatic rings. The summed E-state index contributed by atoms with van der Waals surface area (Å²) < 4.78 is 0. The Morgan fingerprint density at radius 1 is 1.32 bits per heavy atom. The normalized spacial score (nSPS) is 25.6. The zero-order valence-electron chi connectivity index (χ0n) is 12.2. The van der Waals surface area contributed by atoms with E-state index in [9.17, 15) is 14.7 Å². The Morgan fingerprint density at radius 2 is 1.89 bits per heavy atom. The van der Waals surface area contributed by atoms with Crippen LogP contribution in [0.3, 0.4) is 0 Å². The smallest absolute Gasteiger partial charge is 0.236 e. The van der Waals surface area contributed by atoms with E-state index in [1.165, 1.54) is 4.90 Å². The van der Waals surface area contributed by atoms with Gasteiger partial charge in [0.15, 0.2) is 0 Å². The number of imide groups is 1. The van der Waals surface area contributed by atoms with Crippen molar-refractivity contribution in [3.8, 4) is 0 Å². The van der Waals surface area contributed by atoms with Crippen LogP contribution in [-0.4, -0.2) is 34.0 Å². The lowest BCUT2D eigenvalue weighted by Crippen LogP contribution is -2.45. The van der Waals surface area contributed by atoms with Crippen molar-refractivity contribution >= 4 is 11.8 Å². The first kappa shape index (κ1) is 14.5. The first-order valence-electron chi connectivity index (χ1n) is 7.33. The van der Waals surface area contributed by atoms with Gasteiger partial charge in [-0.1, -0.05) is 26.7 Å². The number of aliphatic hydroxyl groups is 1. The summed E-state index contributed by atoms with van der Waals surface area (Å²) in [5, 5.41) is 10.4. The molecule has 1 saturated heterocycles. The highest BCUT2D eigenvalue weighted by molar-refractivity contribution is 6.06. The molecule has 2 rings (SSSR count). The molecule has 1 unspecified atom stereocenters. The van der Waals surface area contributed by atoms with Crippen molar-refractivity contribution in [3.63, 3.8) is 0 Å². The second-order valence-electron chi connectivity index (χ2n) is 7.04. The van der Waals surface area contributed by atoms with E-state index in [0.29, 0.717) is 18.8 Å². The number of β-amino-alcohol motifs (C(OH)–C–C–N with tert-alkyl or cyclic N) is 1. The molecular formula is C15H25NO3. The van der Waals surface area contributed by atoms with Gasteiger partial charge in [-0.15, -0.1) is 0 Å². The van der Waals surface area contributed by atoms with Crippen molar-refractivity contribution in [1.82, 2.24) is 4.90 Å². The Balaban J connectivity index is 2.09. The molecule has 1 aliphatic carbocycles. The Kier molecular flexibility index (Phi) is 3.74. The third-order valence-electron chi connectivity index (χ3n) is 4.40. The van der Waals surface area contributed by atoms with Gasteiger partial charge in [0, 0.05) is 6.42 Å². The predicted molar refractivity (Wildman–Crippen MR) is 72.3 cm³/mol. The number of hydrogen-bond donors (Lipinski definition) is 1. The van der Waals surface area contributed by atoms with Crippen LogP contribution in [0, 0.1) is 11.3 Å². The number of rotatable bonds is 4. The third-order valence-corrected chi connectivity index (χ3v) is 4.40. The van der Waals surface area contributed by atoms with E-state index < -0.39 is 11.0 Å². The van der Waals surface area contributed by atoms with Gasteiger partial charge in [-0.05, 0) is 32.1 Å². The molecule has 0 bridgehead atoms. The van der Waals surface area contributed by atoms with E-state index in [2.05, 4.69) is 0 Å². The average molecular weight is 267 g/mol. The SMILES string of the molecule is CC(C)CC(C)(O)CN1C(=O)CC2(CCCC2)C1=O. The minimum absolute atomic E-state index is 0.0426. The molecule has 0 radical (unpaired) electrons. The van der Waals surface area contributed by atoms with Gasteiger partial charge in [-0.3, -0.25) is 14.5 Å². The molecule has 2 amide bonds. The fourth-order valence-corrected chi connectivity index (χ4v) is 3.75. The van der Waals surface area contributed by atoms with Crippen LogP contribution in [0.2, 0.25) is 0 Å². The lowest BCUT2D eigenvalue weighted by Gasteiger charge is -2.30. The summed E-state index contributed by atoms with van der Waals surface area (Å²) >= 11 is 0. The van der Waals surface area contributed by atoms with Crippen LogP contribution in [-0.2, 0) is 9.59 Å². The molecule has 0 aromatic carbocycles. The van der Waals surface area contributed by atoms with Crippen LogP contribution in [0.5, 0.6) is 0 Å². The maximum Gasteiger partial charge on any atom is 0.236 e. The number of hydrogen-bond acceptors (Lipinski definition) is 3. The van der Waals surface area contributed by atoms with Crippen molar-refractivity contribution in [2.75, 3.05) is 6.54 Å². The lowest BCUT2D eigenvalue weighted by atomic mass is 9.84. The second kappa shape index (κ2) is 4.89.